The number of aliphatic hydroxyl groups is 1. The summed E-state index contributed by atoms with van der Waals surface area (Å²) in [4.78, 5) is 41.8. The normalized spacial score (nSPS) is 16.9. The van der Waals surface area contributed by atoms with Gasteiger partial charge in [0.05, 0.1) is 43.7 Å². The molecule has 1 atom stereocenters. The molecule has 3 aliphatic rings. The maximum Gasteiger partial charge on any atom is 0.316 e. The highest BCUT2D eigenvalue weighted by Gasteiger charge is 2.54. The summed E-state index contributed by atoms with van der Waals surface area (Å²) in [5.74, 6) is 3.15. The van der Waals surface area contributed by atoms with Crippen molar-refractivity contribution >= 4 is 79.4 Å². The van der Waals surface area contributed by atoms with E-state index in [0.717, 1.165) is 57.8 Å². The molecule has 3 aliphatic heterocycles. The first-order valence-corrected chi connectivity index (χ1v) is 18.1. The predicted molar refractivity (Wildman–Crippen MR) is 213 cm³/mol. The molecular formula is C36H36Br2N6O8S2. The van der Waals surface area contributed by atoms with Crippen LogP contribution < -0.4 is 36.3 Å². The molecule has 3 heterocycles. The number of carbonyl (C=O) groups excluding carboxylic acids is 1. The van der Waals surface area contributed by atoms with Crippen molar-refractivity contribution in [3.8, 4) is 11.5 Å². The van der Waals surface area contributed by atoms with Gasteiger partial charge >= 0.3 is 5.17 Å². The van der Waals surface area contributed by atoms with Crippen LogP contribution in [0.4, 0.5) is 22.7 Å². The Morgan fingerprint density at radius 1 is 0.870 bits per heavy atom. The quantitative estimate of drug-likeness (QED) is 0.107. The van der Waals surface area contributed by atoms with Gasteiger partial charge in [0.15, 0.2) is 17.5 Å². The first kappa shape index (κ1) is 42.3. The number of aliphatic imine (C=N–C) groups is 1. The molecule has 54 heavy (non-hydrogen) atoms. The Morgan fingerprint density at radius 2 is 1.43 bits per heavy atom. The number of ketones is 1. The van der Waals surface area contributed by atoms with E-state index in [4.69, 9.17) is 9.47 Å². The van der Waals surface area contributed by atoms with Gasteiger partial charge in [-0.15, -0.1) is 17.0 Å². The van der Waals surface area contributed by atoms with E-state index in [1.165, 1.54) is 36.4 Å². The Hall–Kier alpha value is -4.49. The molecule has 0 fully saturated rings. The highest BCUT2D eigenvalue weighted by Crippen LogP contribution is 2.39. The van der Waals surface area contributed by atoms with Gasteiger partial charge < -0.3 is 36.5 Å². The number of methoxy groups -OCH3 is 2. The first-order chi connectivity index (χ1) is 25.1. The van der Waals surface area contributed by atoms with Crippen molar-refractivity contribution < 1.29 is 50.8 Å². The van der Waals surface area contributed by atoms with Crippen LogP contribution in [0.25, 0.3) is 0 Å². The highest BCUT2D eigenvalue weighted by atomic mass is 79.9. The zero-order valence-electron chi connectivity index (χ0n) is 29.1. The molecule has 0 saturated heterocycles. The number of β-amino-alcohol motifs (C(OH)–C–C–N with tert-alkyl or cyclic N) is 1. The molecule has 0 radical (unpaired) electrons. The van der Waals surface area contributed by atoms with Crippen LogP contribution in [0.1, 0.15) is 15.9 Å². The number of ether oxygens (including phenoxy) is 2. The topological polar surface area (TPSA) is 164 Å². The summed E-state index contributed by atoms with van der Waals surface area (Å²) in [6.45, 7) is 1.91. The van der Waals surface area contributed by atoms with E-state index in [0.29, 0.717) is 17.7 Å². The minimum atomic E-state index is -1.21. The standard InChI is InChI=1S/C18H18N3O4S.C18H17N3O4S.2BrH/c1-25-16-8-6-14(7-9-16)19-12-18(22,20-10-11-26-17(19)20)13-2-4-15(5-3-13)21(23)24;1-25-16-8-6-14(7-9-16)20(18-19-10-11-26-18)12-17(22)13-2-4-15(5-3-13)21(23)24;;/h2-9,22H,10-12H2,1H3;2-9H,10-12H2,1H3;2*1H/q+1;;;/p-1. The van der Waals surface area contributed by atoms with Crippen LogP contribution in [-0.4, -0.2) is 87.6 Å². The summed E-state index contributed by atoms with van der Waals surface area (Å²) in [5, 5.41) is 34.9. The Morgan fingerprint density at radius 3 is 1.94 bits per heavy atom. The molecule has 1 unspecified atom stereocenters. The van der Waals surface area contributed by atoms with Crippen molar-refractivity contribution in [1.82, 2.24) is 0 Å². The summed E-state index contributed by atoms with van der Waals surface area (Å²) >= 11 is 3.30. The van der Waals surface area contributed by atoms with Gasteiger partial charge in [-0.3, -0.25) is 30.0 Å². The number of nitro benzene ring substituents is 2. The van der Waals surface area contributed by atoms with Crippen molar-refractivity contribution in [2.75, 3.05) is 61.7 Å². The van der Waals surface area contributed by atoms with E-state index in [-0.39, 0.29) is 57.7 Å². The van der Waals surface area contributed by atoms with Crippen LogP contribution in [0.5, 0.6) is 11.5 Å². The lowest BCUT2D eigenvalue weighted by molar-refractivity contribution is -0.650. The zero-order chi connectivity index (χ0) is 36.8. The van der Waals surface area contributed by atoms with Crippen molar-refractivity contribution in [2.45, 2.75) is 5.72 Å². The van der Waals surface area contributed by atoms with Gasteiger partial charge in [-0.05, 0) is 84.6 Å². The third kappa shape index (κ3) is 9.23. The number of halogens is 2. The summed E-state index contributed by atoms with van der Waals surface area (Å²) in [5.41, 5.74) is 1.66. The Labute approximate surface area is 340 Å². The molecule has 0 aromatic heterocycles. The number of nitrogens with zero attached hydrogens (tertiary/aromatic N) is 6. The first-order valence-electron chi connectivity index (χ1n) is 16.1. The summed E-state index contributed by atoms with van der Waals surface area (Å²) < 4.78 is 12.4. The molecule has 0 spiro atoms. The lowest BCUT2D eigenvalue weighted by atomic mass is 10.0. The predicted octanol–water partition coefficient (Wildman–Crippen LogP) is 3.36. The van der Waals surface area contributed by atoms with E-state index < -0.39 is 15.6 Å². The van der Waals surface area contributed by atoms with E-state index in [2.05, 4.69) is 9.89 Å². The third-order valence-corrected chi connectivity index (χ3v) is 10.7. The van der Waals surface area contributed by atoms with Crippen molar-refractivity contribution in [1.29, 1.82) is 0 Å². The maximum absolute atomic E-state index is 12.7. The Bertz CT molecular complexity index is 2020. The molecule has 14 nitrogen and oxygen atoms in total. The lowest BCUT2D eigenvalue weighted by Crippen LogP contribution is -3.00. The molecule has 284 valence electrons. The molecular weight excluding hydrogens is 868 g/mol. The highest BCUT2D eigenvalue weighted by molar-refractivity contribution is 8.93. The molecule has 0 aliphatic carbocycles. The number of benzene rings is 4. The number of nitro groups is 2. The number of non-ortho nitro benzene ring substituents is 2. The number of thioether (sulfide) groups is 2. The fourth-order valence-corrected chi connectivity index (χ4v) is 7.98. The van der Waals surface area contributed by atoms with Gasteiger partial charge in [0.25, 0.3) is 17.1 Å². The van der Waals surface area contributed by atoms with Gasteiger partial charge in [-0.2, -0.15) is 0 Å². The Kier molecular flexibility index (Phi) is 14.6. The minimum absolute atomic E-state index is 0. The number of hydrogen-bond acceptors (Lipinski definition) is 13. The molecule has 7 rings (SSSR count). The fraction of sp³-hybridized carbons (Fsp3) is 0.250. The van der Waals surface area contributed by atoms with E-state index >= 15 is 0 Å². The molecule has 0 saturated carbocycles. The largest absolute Gasteiger partial charge is 1.00 e. The number of amidine groups is 2. The van der Waals surface area contributed by atoms with Crippen LogP contribution in [0.2, 0.25) is 0 Å². The van der Waals surface area contributed by atoms with E-state index in [9.17, 15) is 30.1 Å². The second kappa shape index (κ2) is 18.7. The maximum atomic E-state index is 12.7. The molecule has 4 aromatic carbocycles. The van der Waals surface area contributed by atoms with Crippen molar-refractivity contribution in [3.63, 3.8) is 0 Å². The zero-order valence-corrected chi connectivity index (χ0v) is 34.0. The average molecular weight is 905 g/mol. The molecule has 0 bridgehead atoms. The van der Waals surface area contributed by atoms with Gasteiger partial charge in [0.2, 0.25) is 0 Å². The summed E-state index contributed by atoms with van der Waals surface area (Å²) in [6.07, 6.45) is 0. The second-order valence-electron chi connectivity index (χ2n) is 11.7. The number of hydrogen-bond donors (Lipinski definition) is 1. The lowest BCUT2D eigenvalue weighted by Gasteiger charge is -2.23. The van der Waals surface area contributed by atoms with Crippen LogP contribution in [0, 0.1) is 20.2 Å². The van der Waals surface area contributed by atoms with Gasteiger partial charge in [-0.1, -0.05) is 11.8 Å². The molecule has 18 heteroatoms. The number of carbonyl (C=O) groups is 1. The monoisotopic (exact) mass is 902 g/mol. The average Bonchev–Trinajstić information content (AvgIpc) is 3.95. The Balaban J connectivity index is 0.000000232. The minimum Gasteiger partial charge on any atom is -1.00 e. The molecule has 4 aromatic rings. The van der Waals surface area contributed by atoms with Gasteiger partial charge in [0, 0.05) is 52.6 Å². The molecule has 1 N–H and O–H groups in total. The van der Waals surface area contributed by atoms with Crippen LogP contribution in [0.15, 0.2) is 102 Å². The number of Topliss-reactive ketones (excluding diaryl/α,β-unsaturated/α-hetero) is 1. The second-order valence-corrected chi connectivity index (χ2v) is 13.8. The fourth-order valence-electron chi connectivity index (χ4n) is 5.93. The smallest absolute Gasteiger partial charge is 0.316 e. The van der Waals surface area contributed by atoms with E-state index in [1.54, 1.807) is 49.9 Å². The van der Waals surface area contributed by atoms with Crippen molar-refractivity contribution in [2.24, 2.45) is 4.99 Å². The molecule has 0 amide bonds. The SMILES string of the molecule is Br.COc1ccc(N(CC(=O)c2ccc([N+](=O)[O-])cc2)C2=NCCS2)cc1.COc1ccc(N2CC(O)(c3ccc([N+](=O)[O-])cc3)[N+]3=C2SCC3)cc1.[Br-]. The van der Waals surface area contributed by atoms with E-state index in [1.807, 2.05) is 58.0 Å². The van der Waals surface area contributed by atoms with Crippen LogP contribution in [0.3, 0.4) is 0 Å². The van der Waals surface area contributed by atoms with Crippen LogP contribution >= 0.6 is 40.5 Å². The number of anilines is 2. The van der Waals surface area contributed by atoms with Gasteiger partial charge in [0.1, 0.15) is 17.2 Å². The third-order valence-electron chi connectivity index (χ3n) is 8.64. The summed E-state index contributed by atoms with van der Waals surface area (Å²) in [7, 11) is 3.23. The summed E-state index contributed by atoms with van der Waals surface area (Å²) in [6, 6.07) is 26.9. The van der Waals surface area contributed by atoms with Crippen LogP contribution in [-0.2, 0) is 5.72 Å². The van der Waals surface area contributed by atoms with Crippen molar-refractivity contribution in [3.05, 3.63) is 128 Å². The van der Waals surface area contributed by atoms with Gasteiger partial charge in [-0.25, -0.2) is 9.48 Å². The number of rotatable bonds is 10.